The van der Waals surface area contributed by atoms with Crippen LogP contribution in [0.5, 0.6) is 5.75 Å². The van der Waals surface area contributed by atoms with Gasteiger partial charge in [-0.3, -0.25) is 4.79 Å². The highest BCUT2D eigenvalue weighted by molar-refractivity contribution is 9.09. The molecule has 0 spiro atoms. The number of anilines is 1. The molecule has 1 N–H and O–H groups in total. The minimum atomic E-state index is -2.90. The number of hydrogen-bond donors (Lipinski definition) is 1. The zero-order valence-corrected chi connectivity index (χ0v) is 13.0. The quantitative estimate of drug-likeness (QED) is 0.818. The predicted octanol–water partition coefficient (Wildman–Crippen LogP) is 1.89. The van der Waals surface area contributed by atoms with Gasteiger partial charge >= 0.3 is 0 Å². The van der Waals surface area contributed by atoms with Crippen molar-refractivity contribution >= 4 is 37.4 Å². The van der Waals surface area contributed by atoms with Gasteiger partial charge < -0.3 is 10.1 Å². The van der Waals surface area contributed by atoms with Crippen LogP contribution in [-0.2, 0) is 14.6 Å². The monoisotopic (exact) mass is 359 g/mol. The van der Waals surface area contributed by atoms with Crippen LogP contribution in [-0.4, -0.2) is 32.4 Å². The number of carbonyl (C=O) groups is 1. The van der Waals surface area contributed by atoms with E-state index in [2.05, 4.69) is 21.2 Å². The summed E-state index contributed by atoms with van der Waals surface area (Å²) >= 11 is 3.59. The summed E-state index contributed by atoms with van der Waals surface area (Å²) in [6.07, 6.45) is 0.665. The lowest BCUT2D eigenvalue weighted by Crippen LogP contribution is -2.25. The second kappa shape index (κ2) is 5.04. The van der Waals surface area contributed by atoms with Gasteiger partial charge in [-0.1, -0.05) is 22.0 Å². The highest BCUT2D eigenvalue weighted by Gasteiger charge is 2.33. The number of benzene rings is 1. The second-order valence-corrected chi connectivity index (χ2v) is 8.37. The molecule has 3 rings (SSSR count). The number of hydrogen-bond acceptors (Lipinski definition) is 4. The molecule has 20 heavy (non-hydrogen) atoms. The number of carbonyl (C=O) groups excluding carboxylic acids is 1. The number of halogens is 1. The van der Waals surface area contributed by atoms with Crippen molar-refractivity contribution in [2.24, 2.45) is 5.92 Å². The summed E-state index contributed by atoms with van der Waals surface area (Å²) in [5, 5.41) is 2.76. The Morgan fingerprint density at radius 2 is 2.20 bits per heavy atom. The first-order valence-corrected chi connectivity index (χ1v) is 9.09. The molecule has 7 heteroatoms. The third-order valence-corrected chi connectivity index (χ3v) is 6.71. The van der Waals surface area contributed by atoms with Gasteiger partial charge in [0.25, 0.3) is 5.91 Å². The standard InChI is InChI=1S/C13H14BrNO4S/c14-13(9-3-4-20(17,18)7-9)8-1-2-11-10(5-8)15-12(16)6-19-11/h1-2,5,9,13H,3-4,6-7H2,(H,15,16). The number of sulfone groups is 1. The van der Waals surface area contributed by atoms with Crippen LogP contribution in [0.15, 0.2) is 18.2 Å². The second-order valence-electron chi connectivity index (χ2n) is 5.16. The maximum atomic E-state index is 11.6. The van der Waals surface area contributed by atoms with E-state index in [-0.39, 0.29) is 34.8 Å². The maximum absolute atomic E-state index is 11.6. The Labute approximate surface area is 125 Å². The van der Waals surface area contributed by atoms with Crippen LogP contribution < -0.4 is 10.1 Å². The predicted molar refractivity (Wildman–Crippen MR) is 79.0 cm³/mol. The van der Waals surface area contributed by atoms with E-state index in [4.69, 9.17) is 4.74 Å². The minimum absolute atomic E-state index is 0.0327. The number of alkyl halides is 1. The van der Waals surface area contributed by atoms with Crippen molar-refractivity contribution in [1.29, 1.82) is 0 Å². The molecule has 2 aliphatic rings. The number of nitrogens with one attached hydrogen (secondary N) is 1. The van der Waals surface area contributed by atoms with Gasteiger partial charge in [0.15, 0.2) is 16.4 Å². The third-order valence-electron chi connectivity index (χ3n) is 3.64. The molecule has 0 bridgehead atoms. The molecular weight excluding hydrogens is 346 g/mol. The summed E-state index contributed by atoms with van der Waals surface area (Å²) in [5.41, 5.74) is 1.60. The first kappa shape index (κ1) is 13.9. The fourth-order valence-corrected chi connectivity index (χ4v) is 5.42. The lowest BCUT2D eigenvalue weighted by molar-refractivity contribution is -0.118. The summed E-state index contributed by atoms with van der Waals surface area (Å²) < 4.78 is 28.4. The Hall–Kier alpha value is -1.08. The first-order valence-electron chi connectivity index (χ1n) is 6.36. The van der Waals surface area contributed by atoms with E-state index in [1.807, 2.05) is 18.2 Å². The van der Waals surface area contributed by atoms with Gasteiger partial charge in [-0.05, 0) is 30.0 Å². The number of fused-ring (bicyclic) bond motifs is 1. The molecular formula is C13H14BrNO4S. The van der Waals surface area contributed by atoms with Gasteiger partial charge in [0.2, 0.25) is 0 Å². The van der Waals surface area contributed by atoms with Crippen molar-refractivity contribution < 1.29 is 17.9 Å². The zero-order valence-electron chi connectivity index (χ0n) is 10.6. The van der Waals surface area contributed by atoms with Gasteiger partial charge in [-0.25, -0.2) is 8.42 Å². The number of rotatable bonds is 2. The molecule has 0 aliphatic carbocycles. The zero-order chi connectivity index (χ0) is 14.3. The molecule has 0 radical (unpaired) electrons. The Morgan fingerprint density at radius 1 is 1.40 bits per heavy atom. The van der Waals surface area contributed by atoms with E-state index in [1.54, 1.807) is 0 Å². The van der Waals surface area contributed by atoms with E-state index in [1.165, 1.54) is 0 Å². The largest absolute Gasteiger partial charge is 0.482 e. The fourth-order valence-electron chi connectivity index (χ4n) is 2.60. The first-order chi connectivity index (χ1) is 9.44. The summed E-state index contributed by atoms with van der Waals surface area (Å²) in [4.78, 5) is 11.3. The van der Waals surface area contributed by atoms with Crippen LogP contribution in [0.25, 0.3) is 0 Å². The summed E-state index contributed by atoms with van der Waals surface area (Å²) in [6, 6.07) is 5.55. The molecule has 1 aromatic rings. The average molecular weight is 360 g/mol. The molecule has 0 aromatic heterocycles. The fraction of sp³-hybridized carbons (Fsp3) is 0.462. The van der Waals surface area contributed by atoms with Crippen molar-refractivity contribution in [3.8, 4) is 5.75 Å². The molecule has 2 heterocycles. The van der Waals surface area contributed by atoms with E-state index < -0.39 is 9.84 Å². The van der Waals surface area contributed by atoms with Crippen LogP contribution in [0.2, 0.25) is 0 Å². The van der Waals surface area contributed by atoms with Crippen LogP contribution in [0.1, 0.15) is 16.8 Å². The van der Waals surface area contributed by atoms with Crippen molar-refractivity contribution in [2.45, 2.75) is 11.2 Å². The molecule has 2 atom stereocenters. The topological polar surface area (TPSA) is 72.5 Å². The van der Waals surface area contributed by atoms with Gasteiger partial charge in [0.1, 0.15) is 5.75 Å². The lowest BCUT2D eigenvalue weighted by Gasteiger charge is -2.21. The van der Waals surface area contributed by atoms with Crippen molar-refractivity contribution in [1.82, 2.24) is 0 Å². The third kappa shape index (κ3) is 2.69. The molecule has 2 unspecified atom stereocenters. The molecule has 1 amide bonds. The van der Waals surface area contributed by atoms with Crippen LogP contribution in [0.4, 0.5) is 5.69 Å². The highest BCUT2D eigenvalue weighted by Crippen LogP contribution is 2.40. The van der Waals surface area contributed by atoms with Crippen LogP contribution in [0.3, 0.4) is 0 Å². The maximum Gasteiger partial charge on any atom is 0.262 e. The minimum Gasteiger partial charge on any atom is -0.482 e. The Bertz CT molecular complexity index is 658. The van der Waals surface area contributed by atoms with Crippen LogP contribution in [0, 0.1) is 5.92 Å². The molecule has 1 fully saturated rings. The van der Waals surface area contributed by atoms with Crippen LogP contribution >= 0.6 is 15.9 Å². The SMILES string of the molecule is O=C1COc2ccc(C(Br)C3CCS(=O)(=O)C3)cc2N1. The molecule has 1 aromatic carbocycles. The summed E-state index contributed by atoms with van der Waals surface area (Å²) in [7, 11) is -2.90. The molecule has 2 aliphatic heterocycles. The Morgan fingerprint density at radius 3 is 2.90 bits per heavy atom. The van der Waals surface area contributed by atoms with Crippen molar-refractivity contribution in [3.63, 3.8) is 0 Å². The van der Waals surface area contributed by atoms with E-state index in [0.29, 0.717) is 17.9 Å². The smallest absolute Gasteiger partial charge is 0.262 e. The van der Waals surface area contributed by atoms with Crippen molar-refractivity contribution in [2.75, 3.05) is 23.4 Å². The molecule has 0 saturated carbocycles. The molecule has 1 saturated heterocycles. The van der Waals surface area contributed by atoms with Gasteiger partial charge in [-0.2, -0.15) is 0 Å². The van der Waals surface area contributed by atoms with E-state index in [0.717, 1.165) is 5.56 Å². The van der Waals surface area contributed by atoms with E-state index >= 15 is 0 Å². The Balaban J connectivity index is 1.84. The van der Waals surface area contributed by atoms with Gasteiger partial charge in [0, 0.05) is 4.83 Å². The Kier molecular flexibility index (Phi) is 3.50. The lowest BCUT2D eigenvalue weighted by atomic mass is 9.98. The van der Waals surface area contributed by atoms with E-state index in [9.17, 15) is 13.2 Å². The van der Waals surface area contributed by atoms with Gasteiger partial charge in [0.05, 0.1) is 17.2 Å². The molecule has 108 valence electrons. The average Bonchev–Trinajstić information content (AvgIpc) is 2.77. The summed E-state index contributed by atoms with van der Waals surface area (Å²) in [6.45, 7) is 0.0327. The highest BCUT2D eigenvalue weighted by atomic mass is 79.9. The normalized spacial score (nSPS) is 25.4. The number of ether oxygens (including phenoxy) is 1. The van der Waals surface area contributed by atoms with Gasteiger partial charge in [-0.15, -0.1) is 0 Å². The summed E-state index contributed by atoms with van der Waals surface area (Å²) in [5.74, 6) is 1.00. The number of amides is 1. The van der Waals surface area contributed by atoms with Crippen molar-refractivity contribution in [3.05, 3.63) is 23.8 Å². The molecule has 5 nitrogen and oxygen atoms in total.